The van der Waals surface area contributed by atoms with Gasteiger partial charge >= 0.3 is 6.36 Å². The van der Waals surface area contributed by atoms with Crippen LogP contribution in [0.4, 0.5) is 13.2 Å². The van der Waals surface area contributed by atoms with Crippen LogP contribution < -0.4 is 0 Å². The molecule has 14 heavy (non-hydrogen) atoms. The summed E-state index contributed by atoms with van der Waals surface area (Å²) >= 11 is 5.19. The van der Waals surface area contributed by atoms with E-state index in [4.69, 9.17) is 11.8 Å². The van der Waals surface area contributed by atoms with E-state index in [9.17, 15) is 13.2 Å². The van der Waals surface area contributed by atoms with Crippen LogP contribution in [0.2, 0.25) is 0 Å². The molecule has 0 fully saturated rings. The van der Waals surface area contributed by atoms with Crippen LogP contribution in [0.15, 0.2) is 30.3 Å². The summed E-state index contributed by atoms with van der Waals surface area (Å²) in [5.74, 6) is 0. The van der Waals surface area contributed by atoms with E-state index in [2.05, 4.69) is 4.84 Å². The Morgan fingerprint density at radius 2 is 1.79 bits per heavy atom. The minimum atomic E-state index is -4.75. The van der Waals surface area contributed by atoms with Crippen molar-refractivity contribution in [2.75, 3.05) is 0 Å². The zero-order chi connectivity index (χ0) is 10.6. The van der Waals surface area contributed by atoms with Gasteiger partial charge in [-0.05, 0) is 5.56 Å². The molecule has 0 aromatic heterocycles. The Bertz CT molecular complexity index is 278. The topological polar surface area (TPSA) is 12.5 Å². The van der Waals surface area contributed by atoms with E-state index < -0.39 is 6.36 Å². The number of rotatable bonds is 3. The van der Waals surface area contributed by atoms with Crippen LogP contribution in [0.5, 0.6) is 0 Å². The lowest BCUT2D eigenvalue weighted by Gasteiger charge is -2.14. The second-order valence-corrected chi connectivity index (χ2v) is 2.88. The van der Waals surface area contributed by atoms with Crippen molar-refractivity contribution in [2.45, 2.75) is 12.9 Å². The van der Waals surface area contributed by atoms with Crippen LogP contribution >= 0.6 is 11.8 Å². The Morgan fingerprint density at radius 1 is 1.21 bits per heavy atom. The summed E-state index contributed by atoms with van der Waals surface area (Å²) < 4.78 is 35.2. The molecule has 1 aromatic carbocycles. The summed E-state index contributed by atoms with van der Waals surface area (Å²) in [7, 11) is 0. The van der Waals surface area contributed by atoms with Gasteiger partial charge in [-0.15, -0.1) is 13.2 Å². The molecule has 0 saturated carbocycles. The van der Waals surface area contributed by atoms with Gasteiger partial charge in [0.25, 0.3) is 0 Å². The maximum Gasteiger partial charge on any atom is 0.540 e. The van der Waals surface area contributed by atoms with E-state index in [0.29, 0.717) is 5.56 Å². The van der Waals surface area contributed by atoms with Crippen LogP contribution in [-0.4, -0.2) is 10.9 Å². The standard InChI is InChI=1S/C8H7ClF3NO/c9-13(14-8(10,11)12)6-7-4-2-1-3-5-7/h1-5H,6H2. The van der Waals surface area contributed by atoms with Crippen molar-refractivity contribution >= 4 is 11.8 Å². The molecule has 0 saturated heterocycles. The van der Waals surface area contributed by atoms with Gasteiger partial charge in [0.15, 0.2) is 0 Å². The SMILES string of the molecule is FC(F)(F)ON(Cl)Cc1ccccc1. The third-order valence-corrected chi connectivity index (χ3v) is 1.54. The molecule has 0 aliphatic heterocycles. The van der Waals surface area contributed by atoms with Gasteiger partial charge in [0, 0.05) is 11.8 Å². The van der Waals surface area contributed by atoms with Gasteiger partial charge in [-0.1, -0.05) is 34.9 Å². The van der Waals surface area contributed by atoms with Crippen molar-refractivity contribution in [3.8, 4) is 0 Å². The molecule has 0 aliphatic carbocycles. The average Bonchev–Trinajstić information content (AvgIpc) is 2.02. The molecule has 0 bridgehead atoms. The molecular weight excluding hydrogens is 219 g/mol. The molecule has 0 aliphatic rings. The summed E-state index contributed by atoms with van der Waals surface area (Å²) in [6.07, 6.45) is -4.75. The van der Waals surface area contributed by atoms with Crippen molar-refractivity contribution in [3.05, 3.63) is 35.9 Å². The summed E-state index contributed by atoms with van der Waals surface area (Å²) in [6, 6.07) is 8.46. The molecule has 1 rings (SSSR count). The van der Waals surface area contributed by atoms with Crippen LogP contribution in [0.25, 0.3) is 0 Å². The van der Waals surface area contributed by atoms with Gasteiger partial charge in [-0.25, -0.2) is 0 Å². The molecule has 2 nitrogen and oxygen atoms in total. The minimum Gasteiger partial charge on any atom is -0.184 e. The zero-order valence-corrected chi connectivity index (χ0v) is 7.72. The van der Waals surface area contributed by atoms with Gasteiger partial charge in [0.05, 0.1) is 6.54 Å². The smallest absolute Gasteiger partial charge is 0.184 e. The highest BCUT2D eigenvalue weighted by molar-refractivity contribution is 6.12. The fourth-order valence-electron chi connectivity index (χ4n) is 0.872. The number of halogens is 4. The number of nitrogens with zero attached hydrogens (tertiary/aromatic N) is 1. The van der Waals surface area contributed by atoms with Crippen molar-refractivity contribution in [3.63, 3.8) is 0 Å². The van der Waals surface area contributed by atoms with Gasteiger partial charge in [-0.3, -0.25) is 0 Å². The lowest BCUT2D eigenvalue weighted by atomic mass is 10.2. The first kappa shape index (κ1) is 11.3. The van der Waals surface area contributed by atoms with E-state index >= 15 is 0 Å². The Balaban J connectivity index is 2.46. The zero-order valence-electron chi connectivity index (χ0n) is 6.96. The number of alkyl halides is 3. The third-order valence-electron chi connectivity index (χ3n) is 1.35. The van der Waals surface area contributed by atoms with E-state index in [1.165, 1.54) is 0 Å². The number of hydroxylamine groups is 1. The average molecular weight is 226 g/mol. The quantitative estimate of drug-likeness (QED) is 0.579. The first-order chi connectivity index (χ1) is 6.47. The Morgan fingerprint density at radius 3 is 2.29 bits per heavy atom. The van der Waals surface area contributed by atoms with Gasteiger partial charge < -0.3 is 0 Å². The highest BCUT2D eigenvalue weighted by Crippen LogP contribution is 2.21. The fraction of sp³-hybridized carbons (Fsp3) is 0.250. The molecule has 0 heterocycles. The van der Waals surface area contributed by atoms with Gasteiger partial charge in [0.1, 0.15) is 0 Å². The predicted octanol–water partition coefficient (Wildman–Crippen LogP) is 3.09. The Labute approximate surface area is 83.9 Å². The van der Waals surface area contributed by atoms with Crippen molar-refractivity contribution in [2.24, 2.45) is 0 Å². The van der Waals surface area contributed by atoms with E-state index in [-0.39, 0.29) is 11.1 Å². The van der Waals surface area contributed by atoms with Crippen molar-refractivity contribution in [1.29, 1.82) is 0 Å². The molecule has 0 N–H and O–H groups in total. The normalized spacial score (nSPS) is 12.1. The third kappa shape index (κ3) is 4.45. The van der Waals surface area contributed by atoms with Gasteiger partial charge in [-0.2, -0.15) is 4.84 Å². The number of benzene rings is 1. The molecule has 6 heteroatoms. The highest BCUT2D eigenvalue weighted by atomic mass is 35.5. The lowest BCUT2D eigenvalue weighted by molar-refractivity contribution is -0.392. The number of hydrogen-bond acceptors (Lipinski definition) is 2. The van der Waals surface area contributed by atoms with Crippen LogP contribution in [0.3, 0.4) is 0 Å². The monoisotopic (exact) mass is 225 g/mol. The molecule has 0 unspecified atom stereocenters. The molecule has 1 aromatic rings. The summed E-state index contributed by atoms with van der Waals surface area (Å²) in [5.41, 5.74) is 0.631. The Kier molecular flexibility index (Phi) is 3.74. The van der Waals surface area contributed by atoms with E-state index in [0.717, 1.165) is 0 Å². The van der Waals surface area contributed by atoms with Crippen molar-refractivity contribution in [1.82, 2.24) is 4.58 Å². The van der Waals surface area contributed by atoms with Crippen molar-refractivity contribution < 1.29 is 18.0 Å². The largest absolute Gasteiger partial charge is 0.540 e. The molecule has 0 amide bonds. The second kappa shape index (κ2) is 4.63. The predicted molar refractivity (Wildman–Crippen MR) is 45.0 cm³/mol. The highest BCUT2D eigenvalue weighted by Gasteiger charge is 2.33. The minimum absolute atomic E-state index is 0.137. The first-order valence-corrected chi connectivity index (χ1v) is 4.04. The number of hydrogen-bond donors (Lipinski definition) is 0. The fourth-order valence-corrected chi connectivity index (χ4v) is 1.09. The molecule has 0 radical (unpaired) electrons. The van der Waals surface area contributed by atoms with Crippen LogP contribution in [-0.2, 0) is 11.4 Å². The van der Waals surface area contributed by atoms with E-state index in [1.807, 2.05) is 0 Å². The summed E-state index contributed by atoms with van der Waals surface area (Å²) in [5, 5.41) is 0. The lowest BCUT2D eigenvalue weighted by Crippen LogP contribution is -2.23. The maximum absolute atomic E-state index is 11.7. The molecule has 78 valence electrons. The van der Waals surface area contributed by atoms with Crippen LogP contribution in [0.1, 0.15) is 5.56 Å². The molecule has 0 spiro atoms. The van der Waals surface area contributed by atoms with Crippen LogP contribution in [0, 0.1) is 0 Å². The molecular formula is C8H7ClF3NO. The first-order valence-electron chi connectivity index (χ1n) is 3.70. The Hall–Kier alpha value is -0.780. The summed E-state index contributed by atoms with van der Waals surface area (Å²) in [6.45, 7) is -0.137. The summed E-state index contributed by atoms with van der Waals surface area (Å²) in [4.78, 5) is 3.44. The van der Waals surface area contributed by atoms with Gasteiger partial charge in [0.2, 0.25) is 0 Å². The second-order valence-electron chi connectivity index (χ2n) is 2.50. The maximum atomic E-state index is 11.7. The van der Waals surface area contributed by atoms with E-state index in [1.54, 1.807) is 30.3 Å². The molecule has 0 atom stereocenters.